The number of hydrogen-bond acceptors (Lipinski definition) is 3. The topological polar surface area (TPSA) is 64.4 Å². The molecule has 0 aromatic heterocycles. The van der Waals surface area contributed by atoms with Gasteiger partial charge in [-0.15, -0.1) is 0 Å². The van der Waals surface area contributed by atoms with E-state index >= 15 is 0 Å². The molecule has 0 aliphatic carbocycles. The van der Waals surface area contributed by atoms with E-state index in [-0.39, 0.29) is 5.91 Å². The molecule has 0 spiro atoms. The number of anilines is 1. The minimum absolute atomic E-state index is 0.149. The summed E-state index contributed by atoms with van der Waals surface area (Å²) in [4.78, 5) is 11.9. The monoisotopic (exact) mass is 250 g/mol. The second kappa shape index (κ2) is 7.01. The highest BCUT2D eigenvalue weighted by atomic mass is 16.5. The van der Waals surface area contributed by atoms with Crippen LogP contribution >= 0.6 is 0 Å². The van der Waals surface area contributed by atoms with E-state index < -0.39 is 0 Å². The summed E-state index contributed by atoms with van der Waals surface area (Å²) in [5.41, 5.74) is 7.82. The molecule has 0 fully saturated rings. The van der Waals surface area contributed by atoms with Crippen LogP contribution in [0, 0.1) is 12.8 Å². The van der Waals surface area contributed by atoms with E-state index in [4.69, 9.17) is 10.5 Å². The van der Waals surface area contributed by atoms with Crippen LogP contribution in [-0.2, 0) is 4.74 Å². The van der Waals surface area contributed by atoms with Gasteiger partial charge in [-0.3, -0.25) is 4.79 Å². The maximum absolute atomic E-state index is 11.9. The Balaban J connectivity index is 2.39. The van der Waals surface area contributed by atoms with Crippen molar-refractivity contribution in [3.05, 3.63) is 29.3 Å². The SMILES string of the molecule is Cc1ccc(N)c(C(=O)NCCOCC(C)C)c1. The maximum Gasteiger partial charge on any atom is 0.253 e. The van der Waals surface area contributed by atoms with Gasteiger partial charge in [-0.25, -0.2) is 0 Å². The lowest BCUT2D eigenvalue weighted by atomic mass is 10.1. The van der Waals surface area contributed by atoms with Gasteiger partial charge in [0.1, 0.15) is 0 Å². The smallest absolute Gasteiger partial charge is 0.253 e. The fraction of sp³-hybridized carbons (Fsp3) is 0.500. The first-order chi connectivity index (χ1) is 8.50. The number of hydrogen-bond donors (Lipinski definition) is 2. The molecule has 1 rings (SSSR count). The quantitative estimate of drug-likeness (QED) is 0.599. The number of aryl methyl sites for hydroxylation is 1. The fourth-order valence-electron chi connectivity index (χ4n) is 1.52. The minimum Gasteiger partial charge on any atom is -0.398 e. The van der Waals surface area contributed by atoms with Crippen LogP contribution < -0.4 is 11.1 Å². The number of ether oxygens (including phenoxy) is 1. The zero-order valence-electron chi connectivity index (χ0n) is 11.3. The molecular weight excluding hydrogens is 228 g/mol. The summed E-state index contributed by atoms with van der Waals surface area (Å²) in [6.45, 7) is 7.84. The van der Waals surface area contributed by atoms with Crippen molar-refractivity contribution in [2.75, 3.05) is 25.5 Å². The third kappa shape index (κ3) is 4.75. The lowest BCUT2D eigenvalue weighted by Gasteiger charge is -2.09. The van der Waals surface area contributed by atoms with E-state index in [0.29, 0.717) is 36.9 Å². The Morgan fingerprint density at radius 1 is 1.44 bits per heavy atom. The Morgan fingerprint density at radius 3 is 2.83 bits per heavy atom. The highest BCUT2D eigenvalue weighted by Gasteiger charge is 2.08. The average Bonchev–Trinajstić information content (AvgIpc) is 2.31. The number of nitrogens with two attached hydrogens (primary N) is 1. The van der Waals surface area contributed by atoms with E-state index in [1.165, 1.54) is 0 Å². The van der Waals surface area contributed by atoms with Crippen LogP contribution in [-0.4, -0.2) is 25.7 Å². The van der Waals surface area contributed by atoms with Crippen molar-refractivity contribution in [3.8, 4) is 0 Å². The first-order valence-electron chi connectivity index (χ1n) is 6.22. The Labute approximate surface area is 109 Å². The zero-order valence-corrected chi connectivity index (χ0v) is 11.3. The lowest BCUT2D eigenvalue weighted by molar-refractivity contribution is 0.0887. The number of benzene rings is 1. The molecule has 0 radical (unpaired) electrons. The molecular formula is C14H22N2O2. The second-order valence-corrected chi connectivity index (χ2v) is 4.82. The van der Waals surface area contributed by atoms with Gasteiger partial charge in [0, 0.05) is 18.8 Å². The molecule has 0 aliphatic heterocycles. The molecule has 0 bridgehead atoms. The highest BCUT2D eigenvalue weighted by molar-refractivity contribution is 5.99. The van der Waals surface area contributed by atoms with Crippen LogP contribution in [0.3, 0.4) is 0 Å². The molecule has 0 saturated carbocycles. The predicted octanol–water partition coefficient (Wildman–Crippen LogP) is 1.98. The molecule has 0 aliphatic rings. The Hall–Kier alpha value is -1.55. The Bertz CT molecular complexity index is 403. The molecule has 0 atom stereocenters. The van der Waals surface area contributed by atoms with Gasteiger partial charge in [0.05, 0.1) is 12.2 Å². The summed E-state index contributed by atoms with van der Waals surface area (Å²) >= 11 is 0. The van der Waals surface area contributed by atoms with Crippen LogP contribution in [0.1, 0.15) is 29.8 Å². The lowest BCUT2D eigenvalue weighted by Crippen LogP contribution is -2.28. The first kappa shape index (κ1) is 14.5. The summed E-state index contributed by atoms with van der Waals surface area (Å²) in [6.07, 6.45) is 0. The highest BCUT2D eigenvalue weighted by Crippen LogP contribution is 2.13. The number of amides is 1. The number of carbonyl (C=O) groups excluding carboxylic acids is 1. The Morgan fingerprint density at radius 2 is 2.17 bits per heavy atom. The fourth-order valence-corrected chi connectivity index (χ4v) is 1.52. The maximum atomic E-state index is 11.9. The molecule has 0 saturated heterocycles. The van der Waals surface area contributed by atoms with E-state index in [1.54, 1.807) is 12.1 Å². The van der Waals surface area contributed by atoms with E-state index in [9.17, 15) is 4.79 Å². The van der Waals surface area contributed by atoms with Crippen LogP contribution in [0.4, 0.5) is 5.69 Å². The van der Waals surface area contributed by atoms with E-state index in [1.807, 2.05) is 13.0 Å². The van der Waals surface area contributed by atoms with Gasteiger partial charge < -0.3 is 15.8 Å². The van der Waals surface area contributed by atoms with Crippen LogP contribution in [0.25, 0.3) is 0 Å². The molecule has 1 aromatic carbocycles. The molecule has 4 heteroatoms. The summed E-state index contributed by atoms with van der Waals surface area (Å²) in [7, 11) is 0. The minimum atomic E-state index is -0.149. The van der Waals surface area contributed by atoms with Crippen molar-refractivity contribution in [1.82, 2.24) is 5.32 Å². The van der Waals surface area contributed by atoms with Crippen molar-refractivity contribution in [2.24, 2.45) is 5.92 Å². The van der Waals surface area contributed by atoms with Gasteiger partial charge in [0.15, 0.2) is 0 Å². The summed E-state index contributed by atoms with van der Waals surface area (Å²) in [5, 5.41) is 2.80. The van der Waals surface area contributed by atoms with Crippen molar-refractivity contribution in [3.63, 3.8) is 0 Å². The largest absolute Gasteiger partial charge is 0.398 e. The first-order valence-corrected chi connectivity index (χ1v) is 6.22. The van der Waals surface area contributed by atoms with Crippen LogP contribution in [0.5, 0.6) is 0 Å². The number of rotatable bonds is 6. The van der Waals surface area contributed by atoms with Crippen molar-refractivity contribution < 1.29 is 9.53 Å². The van der Waals surface area contributed by atoms with Gasteiger partial charge >= 0.3 is 0 Å². The predicted molar refractivity (Wildman–Crippen MR) is 73.6 cm³/mol. The molecule has 18 heavy (non-hydrogen) atoms. The molecule has 100 valence electrons. The second-order valence-electron chi connectivity index (χ2n) is 4.82. The summed E-state index contributed by atoms with van der Waals surface area (Å²) in [6, 6.07) is 5.43. The normalized spacial score (nSPS) is 10.7. The van der Waals surface area contributed by atoms with Gasteiger partial charge in [-0.05, 0) is 25.0 Å². The van der Waals surface area contributed by atoms with Gasteiger partial charge in [-0.2, -0.15) is 0 Å². The summed E-state index contributed by atoms with van der Waals surface area (Å²) in [5.74, 6) is 0.359. The average molecular weight is 250 g/mol. The third-order valence-electron chi connectivity index (χ3n) is 2.44. The zero-order chi connectivity index (χ0) is 13.5. The van der Waals surface area contributed by atoms with Crippen LogP contribution in [0.15, 0.2) is 18.2 Å². The molecule has 0 heterocycles. The third-order valence-corrected chi connectivity index (χ3v) is 2.44. The van der Waals surface area contributed by atoms with Crippen molar-refractivity contribution in [1.29, 1.82) is 0 Å². The molecule has 1 amide bonds. The number of nitrogens with one attached hydrogen (secondary N) is 1. The van der Waals surface area contributed by atoms with Crippen molar-refractivity contribution >= 4 is 11.6 Å². The van der Waals surface area contributed by atoms with Crippen molar-refractivity contribution in [2.45, 2.75) is 20.8 Å². The number of nitrogen functional groups attached to an aromatic ring is 1. The van der Waals surface area contributed by atoms with E-state index in [0.717, 1.165) is 5.56 Å². The molecule has 3 N–H and O–H groups in total. The van der Waals surface area contributed by atoms with Gasteiger partial charge in [0.2, 0.25) is 0 Å². The van der Waals surface area contributed by atoms with E-state index in [2.05, 4.69) is 19.2 Å². The molecule has 0 unspecified atom stereocenters. The van der Waals surface area contributed by atoms with Gasteiger partial charge in [-0.1, -0.05) is 25.5 Å². The molecule has 4 nitrogen and oxygen atoms in total. The number of carbonyl (C=O) groups is 1. The Kier molecular flexibility index (Phi) is 5.65. The van der Waals surface area contributed by atoms with Crippen LogP contribution in [0.2, 0.25) is 0 Å². The standard InChI is InChI=1S/C14H22N2O2/c1-10(2)9-18-7-6-16-14(17)12-8-11(3)4-5-13(12)15/h4-5,8,10H,6-7,9,15H2,1-3H3,(H,16,17). The summed E-state index contributed by atoms with van der Waals surface area (Å²) < 4.78 is 5.39. The molecule has 1 aromatic rings. The van der Waals surface area contributed by atoms with Gasteiger partial charge in [0.25, 0.3) is 5.91 Å².